The van der Waals surface area contributed by atoms with Crippen molar-refractivity contribution < 1.29 is 31.1 Å². The monoisotopic (exact) mass is 354 g/mol. The minimum absolute atomic E-state index is 0.176. The lowest BCUT2D eigenvalue weighted by Gasteiger charge is -2.35. The standard InChI is InChI=1S/C15H16F6N2O/c16-14(17,18)9-13(24)23-7-5-22(6-8-23)10-11-1-3-12(4-2-11)15(19,20)21/h1-4H,5-10H2. The Morgan fingerprint density at radius 2 is 1.46 bits per heavy atom. The third-order valence-electron chi connectivity index (χ3n) is 3.76. The molecular formula is C15H16F6N2O. The van der Waals surface area contributed by atoms with E-state index >= 15 is 0 Å². The molecule has 0 N–H and O–H groups in total. The summed E-state index contributed by atoms with van der Waals surface area (Å²) in [5.41, 5.74) is -0.0492. The molecule has 0 unspecified atom stereocenters. The first-order valence-electron chi connectivity index (χ1n) is 7.27. The molecule has 0 spiro atoms. The molecule has 1 aliphatic rings. The van der Waals surface area contributed by atoms with Crippen molar-refractivity contribution in [3.63, 3.8) is 0 Å². The molecule has 1 saturated heterocycles. The van der Waals surface area contributed by atoms with Gasteiger partial charge in [0.25, 0.3) is 0 Å². The van der Waals surface area contributed by atoms with Crippen molar-refractivity contribution in [1.82, 2.24) is 9.80 Å². The predicted octanol–water partition coefficient (Wildman–Crippen LogP) is 3.30. The summed E-state index contributed by atoms with van der Waals surface area (Å²) in [5, 5.41) is 0. The maximum absolute atomic E-state index is 12.5. The Labute approximate surface area is 134 Å². The molecule has 0 radical (unpaired) electrons. The molecule has 1 aromatic carbocycles. The third-order valence-corrected chi connectivity index (χ3v) is 3.76. The second-order valence-electron chi connectivity index (χ2n) is 5.64. The maximum Gasteiger partial charge on any atom is 0.416 e. The summed E-state index contributed by atoms with van der Waals surface area (Å²) in [4.78, 5) is 14.5. The highest BCUT2D eigenvalue weighted by atomic mass is 19.4. The number of carbonyl (C=O) groups excluding carboxylic acids is 1. The van der Waals surface area contributed by atoms with Crippen LogP contribution in [0.25, 0.3) is 0 Å². The van der Waals surface area contributed by atoms with E-state index in [9.17, 15) is 31.1 Å². The van der Waals surface area contributed by atoms with E-state index in [4.69, 9.17) is 0 Å². The minimum Gasteiger partial charge on any atom is -0.340 e. The van der Waals surface area contributed by atoms with Gasteiger partial charge in [-0.25, -0.2) is 0 Å². The van der Waals surface area contributed by atoms with Crippen LogP contribution >= 0.6 is 0 Å². The third kappa shape index (κ3) is 5.40. The number of nitrogens with zero attached hydrogens (tertiary/aromatic N) is 2. The van der Waals surface area contributed by atoms with Crippen LogP contribution in [0.15, 0.2) is 24.3 Å². The van der Waals surface area contributed by atoms with Crippen LogP contribution in [0, 0.1) is 0 Å². The molecule has 0 atom stereocenters. The second kappa shape index (κ2) is 7.00. The van der Waals surface area contributed by atoms with Crippen LogP contribution in [-0.4, -0.2) is 48.1 Å². The van der Waals surface area contributed by atoms with Crippen molar-refractivity contribution in [2.45, 2.75) is 25.3 Å². The Morgan fingerprint density at radius 3 is 1.92 bits per heavy atom. The van der Waals surface area contributed by atoms with Gasteiger partial charge >= 0.3 is 12.4 Å². The minimum atomic E-state index is -4.52. The lowest BCUT2D eigenvalue weighted by Crippen LogP contribution is -2.49. The Kier molecular flexibility index (Phi) is 5.42. The largest absolute Gasteiger partial charge is 0.416 e. The molecular weight excluding hydrogens is 338 g/mol. The van der Waals surface area contributed by atoms with Crippen molar-refractivity contribution in [2.24, 2.45) is 0 Å². The number of amides is 1. The molecule has 0 bridgehead atoms. The molecule has 24 heavy (non-hydrogen) atoms. The zero-order chi connectivity index (χ0) is 18.0. The number of piperazine rings is 1. The van der Waals surface area contributed by atoms with Crippen LogP contribution in [0.4, 0.5) is 26.3 Å². The highest BCUT2D eigenvalue weighted by Gasteiger charge is 2.34. The van der Waals surface area contributed by atoms with E-state index in [1.54, 1.807) is 0 Å². The Balaban J connectivity index is 1.84. The van der Waals surface area contributed by atoms with Crippen LogP contribution < -0.4 is 0 Å². The van der Waals surface area contributed by atoms with Gasteiger partial charge in [0.15, 0.2) is 0 Å². The van der Waals surface area contributed by atoms with Crippen molar-refractivity contribution in [2.75, 3.05) is 26.2 Å². The summed E-state index contributed by atoms with van der Waals surface area (Å²) in [6.45, 7) is 1.50. The molecule has 0 aliphatic carbocycles. The van der Waals surface area contributed by atoms with Crippen molar-refractivity contribution >= 4 is 5.91 Å². The number of hydrogen-bond acceptors (Lipinski definition) is 2. The second-order valence-corrected chi connectivity index (χ2v) is 5.64. The van der Waals surface area contributed by atoms with Crippen molar-refractivity contribution in [3.05, 3.63) is 35.4 Å². The number of halogens is 6. The summed E-state index contributed by atoms with van der Waals surface area (Å²) in [7, 11) is 0. The fourth-order valence-corrected chi connectivity index (χ4v) is 2.50. The summed E-state index contributed by atoms with van der Waals surface area (Å²) >= 11 is 0. The van der Waals surface area contributed by atoms with Gasteiger partial charge in [-0.1, -0.05) is 12.1 Å². The highest BCUT2D eigenvalue weighted by Crippen LogP contribution is 2.29. The van der Waals surface area contributed by atoms with E-state index in [1.165, 1.54) is 12.1 Å². The fourth-order valence-electron chi connectivity index (χ4n) is 2.50. The van der Waals surface area contributed by atoms with Crippen molar-refractivity contribution in [1.29, 1.82) is 0 Å². The van der Waals surface area contributed by atoms with Gasteiger partial charge in [0.05, 0.1) is 5.56 Å². The van der Waals surface area contributed by atoms with E-state index in [1.807, 2.05) is 4.90 Å². The lowest BCUT2D eigenvalue weighted by atomic mass is 10.1. The van der Waals surface area contributed by atoms with E-state index in [0.717, 1.165) is 17.0 Å². The molecule has 1 aromatic rings. The Bertz CT molecular complexity index is 559. The normalized spacial score (nSPS) is 17.2. The van der Waals surface area contributed by atoms with E-state index in [0.29, 0.717) is 25.2 Å². The molecule has 0 saturated carbocycles. The van der Waals surface area contributed by atoms with E-state index in [2.05, 4.69) is 0 Å². The lowest BCUT2D eigenvalue weighted by molar-refractivity contribution is -0.162. The van der Waals surface area contributed by atoms with Crippen LogP contribution in [0.1, 0.15) is 17.5 Å². The summed E-state index contributed by atoms with van der Waals surface area (Å²) < 4.78 is 74.1. The number of benzene rings is 1. The molecule has 1 fully saturated rings. The Hall–Kier alpha value is -1.77. The van der Waals surface area contributed by atoms with Gasteiger partial charge in [0, 0.05) is 32.7 Å². The molecule has 1 aliphatic heterocycles. The number of carbonyl (C=O) groups is 1. The molecule has 1 heterocycles. The highest BCUT2D eigenvalue weighted by molar-refractivity contribution is 5.76. The molecule has 3 nitrogen and oxygen atoms in total. The van der Waals surface area contributed by atoms with Gasteiger partial charge in [-0.15, -0.1) is 0 Å². The molecule has 134 valence electrons. The topological polar surface area (TPSA) is 23.6 Å². The zero-order valence-electron chi connectivity index (χ0n) is 12.6. The average Bonchev–Trinajstić information content (AvgIpc) is 2.46. The van der Waals surface area contributed by atoms with Gasteiger partial charge in [-0.3, -0.25) is 9.69 Å². The van der Waals surface area contributed by atoms with Gasteiger partial charge in [0.2, 0.25) is 5.91 Å². The molecule has 2 rings (SSSR count). The Morgan fingerprint density at radius 1 is 0.917 bits per heavy atom. The summed E-state index contributed by atoms with van der Waals surface area (Å²) in [6, 6.07) is 4.75. The van der Waals surface area contributed by atoms with Crippen LogP contribution in [0.5, 0.6) is 0 Å². The van der Waals surface area contributed by atoms with E-state index in [-0.39, 0.29) is 13.1 Å². The summed E-state index contributed by atoms with van der Waals surface area (Å²) in [6.07, 6.45) is -10.4. The number of alkyl halides is 6. The van der Waals surface area contributed by atoms with Crippen LogP contribution in [-0.2, 0) is 17.5 Å². The quantitative estimate of drug-likeness (QED) is 0.778. The smallest absolute Gasteiger partial charge is 0.340 e. The number of rotatable bonds is 3. The molecule has 1 amide bonds. The van der Waals surface area contributed by atoms with Gasteiger partial charge in [-0.2, -0.15) is 26.3 Å². The van der Waals surface area contributed by atoms with E-state index < -0.39 is 30.2 Å². The van der Waals surface area contributed by atoms with Crippen molar-refractivity contribution in [3.8, 4) is 0 Å². The van der Waals surface area contributed by atoms with Gasteiger partial charge in [0.1, 0.15) is 6.42 Å². The van der Waals surface area contributed by atoms with Crippen LogP contribution in [0.3, 0.4) is 0 Å². The first-order valence-corrected chi connectivity index (χ1v) is 7.27. The van der Waals surface area contributed by atoms with Gasteiger partial charge < -0.3 is 4.90 Å². The predicted molar refractivity (Wildman–Crippen MR) is 74.0 cm³/mol. The van der Waals surface area contributed by atoms with Crippen LogP contribution in [0.2, 0.25) is 0 Å². The first-order chi connectivity index (χ1) is 11.0. The number of hydrogen-bond donors (Lipinski definition) is 0. The fraction of sp³-hybridized carbons (Fsp3) is 0.533. The SMILES string of the molecule is O=C(CC(F)(F)F)N1CCN(Cc2ccc(C(F)(F)F)cc2)CC1. The molecule has 0 aromatic heterocycles. The maximum atomic E-state index is 12.5. The van der Waals surface area contributed by atoms with Gasteiger partial charge in [-0.05, 0) is 17.7 Å². The molecule has 9 heteroatoms. The first kappa shape index (κ1) is 18.6. The zero-order valence-corrected chi connectivity index (χ0v) is 12.6. The summed E-state index contributed by atoms with van der Waals surface area (Å²) in [5.74, 6) is -0.948. The average molecular weight is 354 g/mol.